The maximum absolute atomic E-state index is 8.33. The Bertz CT molecular complexity index is 164. The largest absolute Gasteiger partial charge is 0.450 e. The van der Waals surface area contributed by atoms with Crippen molar-refractivity contribution in [3.8, 4) is 5.75 Å². The van der Waals surface area contributed by atoms with Gasteiger partial charge in [0.05, 0.1) is 0 Å². The molecule has 0 fully saturated rings. The van der Waals surface area contributed by atoms with Gasteiger partial charge in [-0.15, -0.1) is 0 Å². The second-order valence-corrected chi connectivity index (χ2v) is 1.89. The monoisotopic (exact) mass is 142 g/mol. The maximum Gasteiger partial charge on any atom is 0.212 e. The van der Waals surface area contributed by atoms with Crippen LogP contribution in [0.25, 0.3) is 0 Å². The third-order valence-electron chi connectivity index (χ3n) is 0.907. The van der Waals surface area contributed by atoms with Crippen LogP contribution in [0.1, 0.15) is 0 Å². The molecule has 3 heteroatoms. The topological polar surface area (TPSA) is 29.5 Å². The van der Waals surface area contributed by atoms with E-state index in [1.807, 2.05) is 18.2 Å². The van der Waals surface area contributed by atoms with Crippen molar-refractivity contribution < 1.29 is 9.42 Å². The van der Waals surface area contributed by atoms with Crippen LogP contribution in [0.5, 0.6) is 5.75 Å². The van der Waals surface area contributed by atoms with Crippen LogP contribution >= 0.6 is 9.03 Å². The summed E-state index contributed by atoms with van der Waals surface area (Å²) >= 11 is 0. The zero-order chi connectivity index (χ0) is 6.53. The van der Waals surface area contributed by atoms with Gasteiger partial charge in [0.1, 0.15) is 5.75 Å². The normalized spacial score (nSPS) is 10.3. The molecule has 1 aromatic rings. The molecule has 1 N–H and O–H groups in total. The fraction of sp³-hybridized carbons (Fsp3) is 0. The van der Waals surface area contributed by atoms with Gasteiger partial charge in [0, 0.05) is 0 Å². The highest BCUT2D eigenvalue weighted by Gasteiger charge is 1.85. The van der Waals surface area contributed by atoms with E-state index in [0.717, 1.165) is 0 Å². The fourth-order valence-electron chi connectivity index (χ4n) is 0.541. The van der Waals surface area contributed by atoms with E-state index in [-0.39, 0.29) is 0 Å². The average molecular weight is 142 g/mol. The van der Waals surface area contributed by atoms with E-state index >= 15 is 0 Å². The average Bonchev–Trinajstić information content (AvgIpc) is 1.91. The molecule has 0 radical (unpaired) electrons. The van der Waals surface area contributed by atoms with Crippen LogP contribution < -0.4 is 4.52 Å². The van der Waals surface area contributed by atoms with Crippen molar-refractivity contribution in [3.05, 3.63) is 30.3 Å². The maximum atomic E-state index is 8.33. The summed E-state index contributed by atoms with van der Waals surface area (Å²) in [6, 6.07) is 9.20. The Balaban J connectivity index is 2.61. The molecular weight excluding hydrogens is 135 g/mol. The van der Waals surface area contributed by atoms with Crippen LogP contribution in [0.2, 0.25) is 0 Å². The first kappa shape index (κ1) is 6.53. The molecule has 0 amide bonds. The lowest BCUT2D eigenvalue weighted by molar-refractivity contribution is 0.514. The lowest BCUT2D eigenvalue weighted by Gasteiger charge is -1.97. The van der Waals surface area contributed by atoms with E-state index < -0.39 is 9.03 Å². The van der Waals surface area contributed by atoms with E-state index in [9.17, 15) is 0 Å². The van der Waals surface area contributed by atoms with Gasteiger partial charge in [-0.1, -0.05) is 18.2 Å². The molecule has 1 atom stereocenters. The van der Waals surface area contributed by atoms with Gasteiger partial charge in [0.2, 0.25) is 9.03 Å². The minimum atomic E-state index is -0.465. The van der Waals surface area contributed by atoms with Crippen molar-refractivity contribution in [2.75, 3.05) is 0 Å². The third-order valence-corrected chi connectivity index (χ3v) is 1.23. The molecule has 0 aromatic heterocycles. The van der Waals surface area contributed by atoms with Gasteiger partial charge in [-0.25, -0.2) is 0 Å². The third kappa shape index (κ3) is 2.00. The van der Waals surface area contributed by atoms with Crippen LogP contribution in [-0.2, 0) is 0 Å². The molecule has 1 rings (SSSR count). The van der Waals surface area contributed by atoms with Gasteiger partial charge >= 0.3 is 0 Å². The smallest absolute Gasteiger partial charge is 0.212 e. The molecule has 2 nitrogen and oxygen atoms in total. The van der Waals surface area contributed by atoms with Gasteiger partial charge in [-0.2, -0.15) is 0 Å². The summed E-state index contributed by atoms with van der Waals surface area (Å²) in [6.07, 6.45) is 0. The Morgan fingerprint density at radius 2 is 1.89 bits per heavy atom. The summed E-state index contributed by atoms with van der Waals surface area (Å²) < 4.78 is 4.79. The van der Waals surface area contributed by atoms with Crippen LogP contribution in [0, 0.1) is 0 Å². The minimum Gasteiger partial charge on any atom is -0.450 e. The lowest BCUT2D eigenvalue weighted by atomic mass is 10.3. The van der Waals surface area contributed by atoms with E-state index in [1.54, 1.807) is 12.1 Å². The molecular formula is C6H7O2P. The zero-order valence-corrected chi connectivity index (χ0v) is 5.74. The quantitative estimate of drug-likeness (QED) is 0.635. The molecule has 9 heavy (non-hydrogen) atoms. The van der Waals surface area contributed by atoms with Crippen molar-refractivity contribution in [1.82, 2.24) is 0 Å². The molecule has 0 aliphatic carbocycles. The van der Waals surface area contributed by atoms with Crippen LogP contribution in [-0.4, -0.2) is 4.89 Å². The summed E-state index contributed by atoms with van der Waals surface area (Å²) in [4.78, 5) is 8.33. The Hall–Kier alpha value is -0.590. The second-order valence-electron chi connectivity index (χ2n) is 1.51. The Morgan fingerprint density at radius 1 is 1.22 bits per heavy atom. The first-order valence-electron chi connectivity index (χ1n) is 2.54. The number of rotatable bonds is 2. The summed E-state index contributed by atoms with van der Waals surface area (Å²) in [5.41, 5.74) is 0. The summed E-state index contributed by atoms with van der Waals surface area (Å²) in [7, 11) is -0.465. The van der Waals surface area contributed by atoms with E-state index in [2.05, 4.69) is 0 Å². The van der Waals surface area contributed by atoms with Gasteiger partial charge in [0.25, 0.3) is 0 Å². The van der Waals surface area contributed by atoms with Gasteiger partial charge in [-0.05, 0) is 12.1 Å². The van der Waals surface area contributed by atoms with Gasteiger partial charge < -0.3 is 9.42 Å². The second kappa shape index (κ2) is 3.44. The van der Waals surface area contributed by atoms with Crippen LogP contribution in [0.15, 0.2) is 30.3 Å². The zero-order valence-electron chi connectivity index (χ0n) is 4.74. The predicted molar refractivity (Wildman–Crippen MR) is 37.6 cm³/mol. The molecule has 1 aromatic carbocycles. The SMILES string of the molecule is OPOc1ccccc1. The Labute approximate surface area is 55.4 Å². The van der Waals surface area contributed by atoms with Crippen molar-refractivity contribution in [2.24, 2.45) is 0 Å². The van der Waals surface area contributed by atoms with Crippen molar-refractivity contribution >= 4 is 9.03 Å². The number of benzene rings is 1. The van der Waals surface area contributed by atoms with Gasteiger partial charge in [0.15, 0.2) is 0 Å². The number of para-hydroxylation sites is 1. The van der Waals surface area contributed by atoms with Crippen molar-refractivity contribution in [3.63, 3.8) is 0 Å². The summed E-state index contributed by atoms with van der Waals surface area (Å²) in [6.45, 7) is 0. The first-order chi connectivity index (χ1) is 4.43. The van der Waals surface area contributed by atoms with E-state index in [1.165, 1.54) is 0 Å². The Morgan fingerprint density at radius 3 is 2.44 bits per heavy atom. The molecule has 0 spiro atoms. The summed E-state index contributed by atoms with van der Waals surface area (Å²) in [5, 5.41) is 0. The first-order valence-corrected chi connectivity index (χ1v) is 3.40. The highest BCUT2D eigenvalue weighted by atomic mass is 31.1. The minimum absolute atomic E-state index is 0.465. The van der Waals surface area contributed by atoms with Gasteiger partial charge in [-0.3, -0.25) is 0 Å². The molecule has 0 bridgehead atoms. The van der Waals surface area contributed by atoms with Crippen molar-refractivity contribution in [2.45, 2.75) is 0 Å². The van der Waals surface area contributed by atoms with Crippen LogP contribution in [0.3, 0.4) is 0 Å². The highest BCUT2D eigenvalue weighted by molar-refractivity contribution is 7.25. The molecule has 0 heterocycles. The number of hydrogen-bond acceptors (Lipinski definition) is 2. The highest BCUT2D eigenvalue weighted by Crippen LogP contribution is 2.15. The molecule has 0 aliphatic rings. The van der Waals surface area contributed by atoms with E-state index in [4.69, 9.17) is 9.42 Å². The molecule has 1 unspecified atom stereocenters. The predicted octanol–water partition coefficient (Wildman–Crippen LogP) is 1.57. The lowest BCUT2D eigenvalue weighted by Crippen LogP contribution is -1.73. The standard InChI is InChI=1S/C6H7O2P/c7-9-8-6-4-2-1-3-5-6/h1-5,7,9H. The Kier molecular flexibility index (Phi) is 2.49. The molecule has 48 valence electrons. The number of hydrogen-bond donors (Lipinski definition) is 1. The molecule has 0 aliphatic heterocycles. The van der Waals surface area contributed by atoms with E-state index in [0.29, 0.717) is 5.75 Å². The van der Waals surface area contributed by atoms with Crippen LogP contribution in [0.4, 0.5) is 0 Å². The summed E-state index contributed by atoms with van der Waals surface area (Å²) in [5.74, 6) is 0.707. The molecule has 0 saturated heterocycles. The van der Waals surface area contributed by atoms with Crippen molar-refractivity contribution in [1.29, 1.82) is 0 Å². The molecule has 0 saturated carbocycles. The fourth-order valence-corrected chi connectivity index (χ4v) is 0.783.